The van der Waals surface area contributed by atoms with Gasteiger partial charge in [0.1, 0.15) is 0 Å². The zero-order valence-corrected chi connectivity index (χ0v) is 14.7. The average Bonchev–Trinajstić information content (AvgIpc) is 2.55. The van der Waals surface area contributed by atoms with Crippen LogP contribution in [0.15, 0.2) is 24.3 Å². The Morgan fingerprint density at radius 3 is 2.32 bits per heavy atom. The summed E-state index contributed by atoms with van der Waals surface area (Å²) in [5, 5.41) is 0.782. The van der Waals surface area contributed by atoms with Crippen molar-refractivity contribution in [3.63, 3.8) is 0 Å². The third kappa shape index (κ3) is 6.45. The Balaban J connectivity index is 1.66. The van der Waals surface area contributed by atoms with Crippen molar-refractivity contribution in [2.75, 3.05) is 0 Å². The average molecular weight is 317 g/mol. The molecule has 1 aliphatic carbocycles. The van der Waals surface area contributed by atoms with Crippen LogP contribution in [0, 0.1) is 23.7 Å². The van der Waals surface area contributed by atoms with Gasteiger partial charge in [0.2, 0.25) is 0 Å². The van der Waals surface area contributed by atoms with E-state index in [-0.39, 0.29) is 0 Å². The van der Waals surface area contributed by atoms with Crippen LogP contribution in [-0.4, -0.2) is 0 Å². The Kier molecular flexibility index (Phi) is 7.89. The van der Waals surface area contributed by atoms with E-state index in [4.69, 9.17) is 11.6 Å². The summed E-state index contributed by atoms with van der Waals surface area (Å²) in [4.78, 5) is 0. The van der Waals surface area contributed by atoms with Crippen LogP contribution in [0.4, 0.5) is 0 Å². The van der Waals surface area contributed by atoms with Gasteiger partial charge in [-0.15, -0.1) is 0 Å². The molecule has 0 heterocycles. The summed E-state index contributed by atoms with van der Waals surface area (Å²) in [5.74, 6) is 8.35. The Labute approximate surface area is 141 Å². The lowest BCUT2D eigenvalue weighted by atomic mass is 9.80. The summed E-state index contributed by atoms with van der Waals surface area (Å²) in [7, 11) is 0. The van der Waals surface area contributed by atoms with Gasteiger partial charge in [0.15, 0.2) is 0 Å². The first-order valence-corrected chi connectivity index (χ1v) is 9.43. The molecule has 0 spiro atoms. The van der Waals surface area contributed by atoms with Crippen molar-refractivity contribution in [2.24, 2.45) is 11.8 Å². The predicted octanol–water partition coefficient (Wildman–Crippen LogP) is 6.86. The van der Waals surface area contributed by atoms with Crippen LogP contribution in [0.3, 0.4) is 0 Å². The molecule has 0 unspecified atom stereocenters. The van der Waals surface area contributed by atoms with Crippen molar-refractivity contribution in [3.8, 4) is 11.8 Å². The van der Waals surface area contributed by atoms with E-state index in [0.29, 0.717) is 5.92 Å². The van der Waals surface area contributed by atoms with Gasteiger partial charge >= 0.3 is 0 Å². The van der Waals surface area contributed by atoms with Gasteiger partial charge in [-0.25, -0.2) is 0 Å². The first kappa shape index (κ1) is 17.4. The minimum absolute atomic E-state index is 0.604. The second-order valence-corrected chi connectivity index (χ2v) is 7.13. The minimum Gasteiger partial charge on any atom is -0.0945 e. The van der Waals surface area contributed by atoms with E-state index in [1.807, 2.05) is 24.3 Å². The normalized spacial score (nSPS) is 21.2. The number of benzene rings is 1. The van der Waals surface area contributed by atoms with E-state index < -0.39 is 0 Å². The molecule has 0 atom stereocenters. The van der Waals surface area contributed by atoms with Crippen LogP contribution in [0.2, 0.25) is 5.02 Å². The molecule has 1 aromatic carbocycles. The molecule has 120 valence electrons. The van der Waals surface area contributed by atoms with Gasteiger partial charge in [-0.3, -0.25) is 0 Å². The van der Waals surface area contributed by atoms with Crippen LogP contribution in [0.5, 0.6) is 0 Å². The van der Waals surface area contributed by atoms with Gasteiger partial charge in [-0.2, -0.15) is 0 Å². The van der Waals surface area contributed by atoms with Crippen LogP contribution in [0.1, 0.15) is 76.7 Å². The fraction of sp³-hybridized carbons (Fsp3) is 0.619. The first-order valence-electron chi connectivity index (χ1n) is 9.05. The summed E-state index contributed by atoms with van der Waals surface area (Å²) in [6, 6.07) is 7.86. The maximum absolute atomic E-state index is 5.90. The number of rotatable bonds is 6. The molecular formula is C21H29Cl. The fourth-order valence-corrected chi connectivity index (χ4v) is 3.48. The molecule has 0 aromatic heterocycles. The minimum atomic E-state index is 0.604. The molecule has 22 heavy (non-hydrogen) atoms. The van der Waals surface area contributed by atoms with E-state index in [1.165, 1.54) is 64.2 Å². The van der Waals surface area contributed by atoms with E-state index in [2.05, 4.69) is 18.8 Å². The molecule has 0 N–H and O–H groups in total. The molecule has 1 saturated carbocycles. The van der Waals surface area contributed by atoms with E-state index in [0.717, 1.165) is 16.5 Å². The lowest BCUT2D eigenvalue weighted by molar-refractivity contribution is 0.294. The van der Waals surface area contributed by atoms with Crippen molar-refractivity contribution in [1.29, 1.82) is 0 Å². The second kappa shape index (κ2) is 9.96. The van der Waals surface area contributed by atoms with Crippen molar-refractivity contribution in [1.82, 2.24) is 0 Å². The Morgan fingerprint density at radius 1 is 0.955 bits per heavy atom. The van der Waals surface area contributed by atoms with Gasteiger partial charge in [0.25, 0.3) is 0 Å². The van der Waals surface area contributed by atoms with Crippen LogP contribution in [-0.2, 0) is 0 Å². The van der Waals surface area contributed by atoms with Crippen molar-refractivity contribution in [3.05, 3.63) is 34.9 Å². The summed E-state index contributed by atoms with van der Waals surface area (Å²) in [6.45, 7) is 2.28. The van der Waals surface area contributed by atoms with Crippen LogP contribution >= 0.6 is 11.6 Å². The van der Waals surface area contributed by atoms with E-state index >= 15 is 0 Å². The van der Waals surface area contributed by atoms with Gasteiger partial charge in [0, 0.05) is 16.5 Å². The Hall–Kier alpha value is -0.930. The lowest BCUT2D eigenvalue weighted by Gasteiger charge is -2.25. The Morgan fingerprint density at radius 2 is 1.64 bits per heavy atom. The van der Waals surface area contributed by atoms with Crippen molar-refractivity contribution < 1.29 is 0 Å². The van der Waals surface area contributed by atoms with Crippen molar-refractivity contribution >= 4 is 11.6 Å². The summed E-state index contributed by atoms with van der Waals surface area (Å²) >= 11 is 5.90. The highest BCUT2D eigenvalue weighted by Crippen LogP contribution is 2.31. The molecule has 0 bridgehead atoms. The topological polar surface area (TPSA) is 0 Å². The third-order valence-corrected chi connectivity index (χ3v) is 5.08. The molecular weight excluding hydrogens is 288 g/mol. The van der Waals surface area contributed by atoms with Crippen molar-refractivity contribution in [2.45, 2.75) is 71.1 Å². The smallest absolute Gasteiger partial charge is 0.0406 e. The quantitative estimate of drug-likeness (QED) is 0.397. The molecule has 0 saturated heterocycles. The zero-order valence-electron chi connectivity index (χ0n) is 13.9. The summed E-state index contributed by atoms with van der Waals surface area (Å²) in [5.41, 5.74) is 1.09. The summed E-state index contributed by atoms with van der Waals surface area (Å²) < 4.78 is 0. The number of hydrogen-bond donors (Lipinski definition) is 0. The predicted molar refractivity (Wildman–Crippen MR) is 97.2 cm³/mol. The largest absolute Gasteiger partial charge is 0.0945 e. The Bertz CT molecular complexity index is 469. The molecule has 0 aliphatic heterocycles. The maximum Gasteiger partial charge on any atom is 0.0406 e. The maximum atomic E-state index is 5.90. The van der Waals surface area contributed by atoms with Crippen LogP contribution < -0.4 is 0 Å². The van der Waals surface area contributed by atoms with Gasteiger partial charge in [-0.05, 0) is 55.9 Å². The summed E-state index contributed by atoms with van der Waals surface area (Å²) in [6.07, 6.45) is 13.8. The number of hydrogen-bond acceptors (Lipinski definition) is 0. The number of unbranched alkanes of at least 4 members (excludes halogenated alkanes) is 4. The molecule has 1 heteroatoms. The molecule has 0 radical (unpaired) electrons. The fourth-order valence-electron chi connectivity index (χ4n) is 3.35. The standard InChI is InChI=1S/C21H29Cl/c1-2-3-4-5-6-7-18-8-10-19(11-9-18)12-13-20-14-16-21(22)17-15-20/h14-19H,2-11H2,1H3. The zero-order chi connectivity index (χ0) is 15.6. The SMILES string of the molecule is CCCCCCCC1CCC(C#Cc2ccc(Cl)cc2)CC1. The molecule has 1 aromatic rings. The monoisotopic (exact) mass is 316 g/mol. The molecule has 0 amide bonds. The second-order valence-electron chi connectivity index (χ2n) is 6.70. The molecule has 2 rings (SSSR count). The lowest BCUT2D eigenvalue weighted by Crippen LogP contribution is -2.13. The van der Waals surface area contributed by atoms with Gasteiger partial charge in [0.05, 0.1) is 0 Å². The highest BCUT2D eigenvalue weighted by molar-refractivity contribution is 6.30. The first-order chi connectivity index (χ1) is 10.8. The molecule has 1 aliphatic rings. The number of halogens is 1. The highest BCUT2D eigenvalue weighted by Gasteiger charge is 2.19. The van der Waals surface area contributed by atoms with E-state index in [9.17, 15) is 0 Å². The van der Waals surface area contributed by atoms with Gasteiger partial charge in [-0.1, -0.05) is 68.9 Å². The highest BCUT2D eigenvalue weighted by atomic mass is 35.5. The third-order valence-electron chi connectivity index (χ3n) is 4.83. The molecule has 1 fully saturated rings. The van der Waals surface area contributed by atoms with E-state index in [1.54, 1.807) is 0 Å². The van der Waals surface area contributed by atoms with Crippen LogP contribution in [0.25, 0.3) is 0 Å². The van der Waals surface area contributed by atoms with Gasteiger partial charge < -0.3 is 0 Å². The molecule has 0 nitrogen and oxygen atoms in total.